The topological polar surface area (TPSA) is 35.5 Å². The maximum Gasteiger partial charge on any atom is 0.376 e. The van der Waals surface area contributed by atoms with Crippen LogP contribution in [-0.4, -0.2) is 43.1 Å². The summed E-state index contributed by atoms with van der Waals surface area (Å²) in [6.45, 7) is 6.29. The first-order chi connectivity index (χ1) is 4.72. The standard InChI is InChI=1S/C6H13BN2O/c1-7(10)9-4-6(5-9)2-8-3-6/h8,10H,2-5H2,1H3. The minimum absolute atomic E-state index is 0.244. The minimum atomic E-state index is -0.244. The Bertz CT molecular complexity index is 139. The van der Waals surface area contributed by atoms with Gasteiger partial charge in [-0.15, -0.1) is 0 Å². The van der Waals surface area contributed by atoms with Gasteiger partial charge < -0.3 is 15.2 Å². The lowest BCUT2D eigenvalue weighted by Gasteiger charge is -2.56. The van der Waals surface area contributed by atoms with Crippen LogP contribution in [0.15, 0.2) is 0 Å². The van der Waals surface area contributed by atoms with E-state index in [1.165, 1.54) is 0 Å². The van der Waals surface area contributed by atoms with E-state index in [-0.39, 0.29) is 7.05 Å². The van der Waals surface area contributed by atoms with Gasteiger partial charge in [0.15, 0.2) is 0 Å². The van der Waals surface area contributed by atoms with Crippen LogP contribution in [0.25, 0.3) is 0 Å². The van der Waals surface area contributed by atoms with Gasteiger partial charge in [0, 0.05) is 18.5 Å². The number of nitrogens with one attached hydrogen (secondary N) is 1. The van der Waals surface area contributed by atoms with Crippen LogP contribution in [0.3, 0.4) is 0 Å². The van der Waals surface area contributed by atoms with E-state index in [1.807, 2.05) is 6.82 Å². The first-order valence-electron chi connectivity index (χ1n) is 3.85. The Morgan fingerprint density at radius 3 is 2.40 bits per heavy atom. The Morgan fingerprint density at radius 2 is 2.10 bits per heavy atom. The predicted molar refractivity (Wildman–Crippen MR) is 40.7 cm³/mol. The summed E-state index contributed by atoms with van der Waals surface area (Å²) in [5.74, 6) is 0. The molecule has 2 N–H and O–H groups in total. The highest BCUT2D eigenvalue weighted by atomic mass is 16.2. The van der Waals surface area contributed by atoms with Crippen LogP contribution in [0.1, 0.15) is 0 Å². The van der Waals surface area contributed by atoms with Gasteiger partial charge in [-0.1, -0.05) is 0 Å². The van der Waals surface area contributed by atoms with Gasteiger partial charge in [-0.05, 0) is 19.9 Å². The smallest absolute Gasteiger partial charge is 0.376 e. The molecule has 2 rings (SSSR count). The van der Waals surface area contributed by atoms with Crippen LogP contribution < -0.4 is 5.32 Å². The lowest BCUT2D eigenvalue weighted by Crippen LogP contribution is -2.73. The summed E-state index contributed by atoms with van der Waals surface area (Å²) < 4.78 is 0. The second-order valence-electron chi connectivity index (χ2n) is 3.64. The second-order valence-corrected chi connectivity index (χ2v) is 3.64. The molecule has 10 heavy (non-hydrogen) atoms. The minimum Gasteiger partial charge on any atom is -0.437 e. The normalized spacial score (nSPS) is 29.4. The molecule has 2 fully saturated rings. The van der Waals surface area contributed by atoms with E-state index in [0.29, 0.717) is 5.41 Å². The Hall–Kier alpha value is -0.0551. The van der Waals surface area contributed by atoms with E-state index in [9.17, 15) is 0 Å². The Balaban J connectivity index is 1.82. The molecular formula is C6H13BN2O. The van der Waals surface area contributed by atoms with Crippen molar-refractivity contribution in [3.8, 4) is 0 Å². The first kappa shape index (κ1) is 6.64. The molecule has 1 spiro atoms. The number of hydrogen-bond donors (Lipinski definition) is 2. The van der Waals surface area contributed by atoms with Gasteiger partial charge >= 0.3 is 7.05 Å². The summed E-state index contributed by atoms with van der Waals surface area (Å²) in [6.07, 6.45) is 0. The van der Waals surface area contributed by atoms with Crippen molar-refractivity contribution >= 4 is 7.05 Å². The fraction of sp³-hybridized carbons (Fsp3) is 1.00. The lowest BCUT2D eigenvalue weighted by molar-refractivity contribution is 0.00437. The van der Waals surface area contributed by atoms with Crippen LogP contribution in [0.2, 0.25) is 6.82 Å². The van der Waals surface area contributed by atoms with Gasteiger partial charge in [-0.3, -0.25) is 0 Å². The molecule has 0 aromatic carbocycles. The van der Waals surface area contributed by atoms with Crippen molar-refractivity contribution in [2.24, 2.45) is 5.41 Å². The molecule has 56 valence electrons. The Kier molecular flexibility index (Phi) is 1.31. The van der Waals surface area contributed by atoms with Crippen LogP contribution in [0.5, 0.6) is 0 Å². The zero-order valence-corrected chi connectivity index (χ0v) is 6.30. The summed E-state index contributed by atoms with van der Waals surface area (Å²) in [6, 6.07) is 0. The third kappa shape index (κ3) is 0.796. The fourth-order valence-corrected chi connectivity index (χ4v) is 1.78. The van der Waals surface area contributed by atoms with Crippen LogP contribution in [-0.2, 0) is 0 Å². The molecule has 0 aromatic heterocycles. The van der Waals surface area contributed by atoms with Gasteiger partial charge in [0.1, 0.15) is 0 Å². The van der Waals surface area contributed by atoms with Gasteiger partial charge in [0.05, 0.1) is 0 Å². The molecule has 0 saturated carbocycles. The molecule has 2 aliphatic rings. The van der Waals surface area contributed by atoms with Crippen LogP contribution >= 0.6 is 0 Å². The zero-order valence-electron chi connectivity index (χ0n) is 6.30. The van der Waals surface area contributed by atoms with Gasteiger partial charge in [-0.25, -0.2) is 0 Å². The maximum atomic E-state index is 9.13. The highest BCUT2D eigenvalue weighted by Gasteiger charge is 2.48. The van der Waals surface area contributed by atoms with E-state index in [1.54, 1.807) is 0 Å². The van der Waals surface area contributed by atoms with Crippen molar-refractivity contribution in [1.82, 2.24) is 10.1 Å². The lowest BCUT2D eigenvalue weighted by atomic mass is 9.67. The van der Waals surface area contributed by atoms with Gasteiger partial charge in [0.2, 0.25) is 0 Å². The summed E-state index contributed by atoms with van der Waals surface area (Å²) >= 11 is 0. The third-order valence-electron chi connectivity index (χ3n) is 2.61. The van der Waals surface area contributed by atoms with E-state index in [2.05, 4.69) is 10.1 Å². The highest BCUT2D eigenvalue weighted by molar-refractivity contribution is 6.45. The molecule has 0 radical (unpaired) electrons. The molecule has 0 unspecified atom stereocenters. The summed E-state index contributed by atoms with van der Waals surface area (Å²) in [4.78, 5) is 2.10. The summed E-state index contributed by atoms with van der Waals surface area (Å²) in [5, 5.41) is 12.4. The molecule has 2 saturated heterocycles. The second kappa shape index (κ2) is 1.97. The van der Waals surface area contributed by atoms with Crippen LogP contribution in [0, 0.1) is 5.41 Å². The Morgan fingerprint density at radius 1 is 1.50 bits per heavy atom. The van der Waals surface area contributed by atoms with Crippen LogP contribution in [0.4, 0.5) is 0 Å². The molecule has 0 aliphatic carbocycles. The van der Waals surface area contributed by atoms with E-state index < -0.39 is 0 Å². The van der Waals surface area contributed by atoms with Crippen molar-refractivity contribution in [3.05, 3.63) is 0 Å². The fourth-order valence-electron chi connectivity index (χ4n) is 1.78. The van der Waals surface area contributed by atoms with Crippen molar-refractivity contribution in [1.29, 1.82) is 0 Å². The molecule has 0 aromatic rings. The van der Waals surface area contributed by atoms with Crippen molar-refractivity contribution < 1.29 is 5.02 Å². The monoisotopic (exact) mass is 140 g/mol. The highest BCUT2D eigenvalue weighted by Crippen LogP contribution is 2.33. The largest absolute Gasteiger partial charge is 0.437 e. The van der Waals surface area contributed by atoms with Crippen molar-refractivity contribution in [3.63, 3.8) is 0 Å². The SMILES string of the molecule is CB(O)N1CC2(CNC2)C1. The summed E-state index contributed by atoms with van der Waals surface area (Å²) in [7, 11) is -0.244. The van der Waals surface area contributed by atoms with Gasteiger partial charge in [0.25, 0.3) is 0 Å². The molecular weight excluding hydrogens is 127 g/mol. The number of rotatable bonds is 1. The Labute approximate surface area is 61.5 Å². The molecule has 0 bridgehead atoms. The van der Waals surface area contributed by atoms with Crippen molar-refractivity contribution in [2.75, 3.05) is 26.2 Å². The third-order valence-corrected chi connectivity index (χ3v) is 2.61. The predicted octanol–water partition coefficient (Wildman–Crippen LogP) is -0.998. The first-order valence-corrected chi connectivity index (χ1v) is 3.85. The quantitative estimate of drug-likeness (QED) is 0.458. The number of hydrogen-bond acceptors (Lipinski definition) is 3. The van der Waals surface area contributed by atoms with Crippen molar-refractivity contribution in [2.45, 2.75) is 6.82 Å². The van der Waals surface area contributed by atoms with E-state index >= 15 is 0 Å². The molecule has 2 aliphatic heterocycles. The molecule has 0 amide bonds. The number of nitrogens with zero attached hydrogens (tertiary/aromatic N) is 1. The maximum absolute atomic E-state index is 9.13. The zero-order chi connectivity index (χ0) is 7.19. The molecule has 3 nitrogen and oxygen atoms in total. The average molecular weight is 140 g/mol. The molecule has 0 atom stereocenters. The molecule has 4 heteroatoms. The average Bonchev–Trinajstić information content (AvgIpc) is 1.54. The van der Waals surface area contributed by atoms with Gasteiger partial charge in [-0.2, -0.15) is 0 Å². The van der Waals surface area contributed by atoms with E-state index in [4.69, 9.17) is 5.02 Å². The molecule has 2 heterocycles. The van der Waals surface area contributed by atoms with E-state index in [0.717, 1.165) is 26.2 Å². The summed E-state index contributed by atoms with van der Waals surface area (Å²) in [5.41, 5.74) is 0.553.